The number of fused-ring (bicyclic) bond motifs is 1. The van der Waals surface area contributed by atoms with Crippen molar-refractivity contribution in [3.05, 3.63) is 101 Å². The molecule has 1 aliphatic heterocycles. The van der Waals surface area contributed by atoms with Crippen molar-refractivity contribution in [3.8, 4) is 0 Å². The Bertz CT molecular complexity index is 1260. The van der Waals surface area contributed by atoms with Crippen LogP contribution in [-0.2, 0) is 26.0 Å². The number of ketones is 1. The second-order valence-corrected chi connectivity index (χ2v) is 9.58. The number of hydrogen-bond acceptors (Lipinski definition) is 5. The lowest BCUT2D eigenvalue weighted by molar-refractivity contribution is -0.143. The van der Waals surface area contributed by atoms with Crippen molar-refractivity contribution in [2.75, 3.05) is 13.2 Å². The lowest BCUT2D eigenvalue weighted by Crippen LogP contribution is -2.41. The van der Waals surface area contributed by atoms with Crippen LogP contribution in [0.25, 0.3) is 0 Å². The predicted octanol–water partition coefficient (Wildman–Crippen LogP) is 3.93. The van der Waals surface area contributed by atoms with Gasteiger partial charge < -0.3 is 4.74 Å². The zero-order valence-corrected chi connectivity index (χ0v) is 18.5. The highest BCUT2D eigenvalue weighted by atomic mass is 32.2. The van der Waals surface area contributed by atoms with Gasteiger partial charge in [-0.2, -0.15) is 4.31 Å². The van der Waals surface area contributed by atoms with Crippen LogP contribution in [0.5, 0.6) is 0 Å². The molecule has 8 heteroatoms. The molecule has 1 atom stereocenters. The number of hydrogen-bond donors (Lipinski definition) is 0. The summed E-state index contributed by atoms with van der Waals surface area (Å²) in [5.41, 5.74) is 1.93. The van der Waals surface area contributed by atoms with E-state index >= 15 is 0 Å². The molecule has 3 aromatic carbocycles. The van der Waals surface area contributed by atoms with Gasteiger partial charge >= 0.3 is 5.97 Å². The van der Waals surface area contributed by atoms with E-state index in [4.69, 9.17) is 4.74 Å². The molecule has 0 radical (unpaired) electrons. The number of nitrogens with zero attached hydrogens (tertiary/aromatic N) is 1. The van der Waals surface area contributed by atoms with Crippen molar-refractivity contribution < 1.29 is 27.1 Å². The lowest BCUT2D eigenvalue weighted by atomic mass is 9.92. The Kier molecular flexibility index (Phi) is 6.67. The first kappa shape index (κ1) is 22.8. The summed E-state index contributed by atoms with van der Waals surface area (Å²) in [7, 11) is -3.85. The van der Waals surface area contributed by atoms with Gasteiger partial charge in [0.25, 0.3) is 0 Å². The van der Waals surface area contributed by atoms with Crippen molar-refractivity contribution in [2.45, 2.75) is 23.8 Å². The molecule has 33 heavy (non-hydrogen) atoms. The van der Waals surface area contributed by atoms with Gasteiger partial charge in [0.15, 0.2) is 12.4 Å². The zero-order valence-electron chi connectivity index (χ0n) is 17.7. The maximum Gasteiger partial charge on any atom is 0.308 e. The summed E-state index contributed by atoms with van der Waals surface area (Å²) in [5, 5.41) is 0. The molecule has 0 saturated carbocycles. The Morgan fingerprint density at radius 2 is 1.61 bits per heavy atom. The van der Waals surface area contributed by atoms with Crippen molar-refractivity contribution in [3.63, 3.8) is 0 Å². The average Bonchev–Trinajstić information content (AvgIpc) is 2.83. The van der Waals surface area contributed by atoms with Gasteiger partial charge in [-0.3, -0.25) is 9.59 Å². The summed E-state index contributed by atoms with van der Waals surface area (Å²) < 4.78 is 46.3. The number of esters is 1. The fraction of sp³-hybridized carbons (Fsp3) is 0.200. The number of rotatable bonds is 7. The average molecular weight is 468 g/mol. The number of carbonyl (C=O) groups excluding carboxylic acids is 2. The summed E-state index contributed by atoms with van der Waals surface area (Å²) in [4.78, 5) is 25.1. The molecule has 3 aromatic rings. The zero-order chi connectivity index (χ0) is 23.4. The number of halogens is 1. The van der Waals surface area contributed by atoms with Crippen LogP contribution in [0.4, 0.5) is 4.39 Å². The SMILES string of the molecule is O=C(C[C@H]1c2ccccc2CCN1S(=O)(=O)c1ccccc1)OCC(=O)c1ccc(F)cc1. The van der Waals surface area contributed by atoms with Crippen molar-refractivity contribution >= 4 is 21.8 Å². The maximum atomic E-state index is 13.4. The Balaban J connectivity index is 1.54. The molecule has 0 unspecified atom stereocenters. The summed E-state index contributed by atoms with van der Waals surface area (Å²) in [5.74, 6) is -1.64. The number of carbonyl (C=O) groups is 2. The van der Waals surface area contributed by atoms with Gasteiger partial charge in [-0.1, -0.05) is 42.5 Å². The minimum absolute atomic E-state index is 0.147. The van der Waals surface area contributed by atoms with Gasteiger partial charge in [0.1, 0.15) is 5.82 Å². The van der Waals surface area contributed by atoms with E-state index in [1.807, 2.05) is 18.2 Å². The normalized spacial score (nSPS) is 16.1. The third-order valence-corrected chi connectivity index (χ3v) is 7.53. The van der Waals surface area contributed by atoms with E-state index in [9.17, 15) is 22.4 Å². The molecule has 1 heterocycles. The smallest absolute Gasteiger partial charge is 0.308 e. The highest BCUT2D eigenvalue weighted by Gasteiger charge is 2.37. The molecule has 6 nitrogen and oxygen atoms in total. The predicted molar refractivity (Wildman–Crippen MR) is 120 cm³/mol. The molecule has 0 fully saturated rings. The largest absolute Gasteiger partial charge is 0.457 e. The van der Waals surface area contributed by atoms with E-state index in [-0.39, 0.29) is 23.4 Å². The summed E-state index contributed by atoms with van der Waals surface area (Å²) in [6.45, 7) is -0.287. The van der Waals surface area contributed by atoms with Crippen LogP contribution in [0.15, 0.2) is 83.8 Å². The summed E-state index contributed by atoms with van der Waals surface area (Å²) in [6.07, 6.45) is 0.288. The van der Waals surface area contributed by atoms with Crippen LogP contribution < -0.4 is 0 Å². The second kappa shape index (κ2) is 9.64. The van der Waals surface area contributed by atoms with Crippen LogP contribution in [-0.4, -0.2) is 37.6 Å². The van der Waals surface area contributed by atoms with E-state index in [0.717, 1.165) is 23.3 Å². The molecule has 170 valence electrons. The lowest BCUT2D eigenvalue weighted by Gasteiger charge is -2.36. The van der Waals surface area contributed by atoms with Gasteiger partial charge in [0, 0.05) is 12.1 Å². The van der Waals surface area contributed by atoms with Crippen molar-refractivity contribution in [1.82, 2.24) is 4.31 Å². The van der Waals surface area contributed by atoms with Crippen molar-refractivity contribution in [2.24, 2.45) is 0 Å². The Labute approximate surface area is 191 Å². The topological polar surface area (TPSA) is 80.8 Å². The molecule has 0 saturated heterocycles. The first-order valence-electron chi connectivity index (χ1n) is 10.5. The monoisotopic (exact) mass is 467 g/mol. The standard InChI is InChI=1S/C25H22FNO5S/c26-20-12-10-19(11-13-20)24(28)17-32-25(29)16-23-22-9-5-4-6-18(22)14-15-27(23)33(30,31)21-7-2-1-3-8-21/h1-13,23H,14-17H2/t23-/m0/s1. The molecule has 0 aliphatic carbocycles. The first-order chi connectivity index (χ1) is 15.9. The Hall–Kier alpha value is -3.36. The number of sulfonamides is 1. The molecule has 4 rings (SSSR count). The number of ether oxygens (including phenoxy) is 1. The second-order valence-electron chi connectivity index (χ2n) is 7.69. The Morgan fingerprint density at radius 1 is 0.939 bits per heavy atom. The molecule has 1 aliphatic rings. The molecule has 0 N–H and O–H groups in total. The van der Waals surface area contributed by atoms with Crippen molar-refractivity contribution in [1.29, 1.82) is 0 Å². The quantitative estimate of drug-likeness (QED) is 0.389. The van der Waals surface area contributed by atoms with E-state index in [1.54, 1.807) is 24.3 Å². The van der Waals surface area contributed by atoms with Crippen LogP contribution in [0.1, 0.15) is 33.9 Å². The van der Waals surface area contributed by atoms with E-state index < -0.39 is 40.2 Å². The third-order valence-electron chi connectivity index (χ3n) is 5.60. The van der Waals surface area contributed by atoms with Gasteiger partial charge in [-0.15, -0.1) is 0 Å². The first-order valence-corrected chi connectivity index (χ1v) is 11.9. The fourth-order valence-electron chi connectivity index (χ4n) is 3.94. The van der Waals surface area contributed by atoms with Crippen LogP contribution in [0, 0.1) is 5.82 Å². The van der Waals surface area contributed by atoms with E-state index in [0.29, 0.717) is 6.42 Å². The molecule has 0 bridgehead atoms. The molecule has 0 amide bonds. The van der Waals surface area contributed by atoms with Crippen LogP contribution in [0.2, 0.25) is 0 Å². The van der Waals surface area contributed by atoms with Gasteiger partial charge in [-0.05, 0) is 53.9 Å². The third kappa shape index (κ3) is 5.02. The molecular weight excluding hydrogens is 445 g/mol. The minimum atomic E-state index is -3.85. The van der Waals surface area contributed by atoms with Crippen LogP contribution in [0.3, 0.4) is 0 Å². The summed E-state index contributed by atoms with van der Waals surface area (Å²) >= 11 is 0. The molecule has 0 aromatic heterocycles. The number of benzene rings is 3. The number of Topliss-reactive ketones (excluding diaryl/α,β-unsaturated/α-hetero) is 1. The van der Waals surface area contributed by atoms with E-state index in [2.05, 4.69) is 0 Å². The maximum absolute atomic E-state index is 13.4. The van der Waals surface area contributed by atoms with Gasteiger partial charge in [0.2, 0.25) is 10.0 Å². The fourth-order valence-corrected chi connectivity index (χ4v) is 5.56. The molecular formula is C25H22FNO5S. The highest BCUT2D eigenvalue weighted by molar-refractivity contribution is 7.89. The molecule has 0 spiro atoms. The summed E-state index contributed by atoms with van der Waals surface area (Å²) in [6, 6.07) is 19.6. The Morgan fingerprint density at radius 3 is 2.33 bits per heavy atom. The van der Waals surface area contributed by atoms with Gasteiger partial charge in [0.05, 0.1) is 17.4 Å². The highest BCUT2D eigenvalue weighted by Crippen LogP contribution is 2.36. The van der Waals surface area contributed by atoms with E-state index in [1.165, 1.54) is 28.6 Å². The van der Waals surface area contributed by atoms with Gasteiger partial charge in [-0.25, -0.2) is 12.8 Å². The minimum Gasteiger partial charge on any atom is -0.457 e. The van der Waals surface area contributed by atoms with Crippen LogP contribution >= 0.6 is 0 Å².